The van der Waals surface area contributed by atoms with Gasteiger partial charge < -0.3 is 10.6 Å². The number of halogens is 1. The fourth-order valence-electron chi connectivity index (χ4n) is 1.36. The molecule has 1 aromatic heterocycles. The molecule has 0 aliphatic carbocycles. The first kappa shape index (κ1) is 13.7. The van der Waals surface area contributed by atoms with Crippen molar-refractivity contribution in [2.45, 2.75) is 32.9 Å². The van der Waals surface area contributed by atoms with E-state index >= 15 is 0 Å². The van der Waals surface area contributed by atoms with E-state index in [1.807, 2.05) is 32.9 Å². The van der Waals surface area contributed by atoms with E-state index < -0.39 is 5.54 Å². The molecule has 0 aromatic carbocycles. The average Bonchev–Trinajstić information content (AvgIpc) is 2.60. The largest absolute Gasteiger partial charge is 0.350 e. The standard InChI is InChI=1S/C11H17BrN2OS/c1-4-14-11(2,3)10(15)13-7-8-5-6-9(12)16-8/h5-6,14H,4,7H2,1-3H3,(H,13,15). The minimum Gasteiger partial charge on any atom is -0.350 e. The van der Waals surface area contributed by atoms with Gasteiger partial charge in [0.25, 0.3) is 0 Å². The zero-order chi connectivity index (χ0) is 12.2. The lowest BCUT2D eigenvalue weighted by atomic mass is 10.0. The molecule has 5 heteroatoms. The third kappa shape index (κ3) is 3.88. The van der Waals surface area contributed by atoms with Gasteiger partial charge in [0.05, 0.1) is 15.9 Å². The smallest absolute Gasteiger partial charge is 0.240 e. The highest BCUT2D eigenvalue weighted by Gasteiger charge is 2.25. The van der Waals surface area contributed by atoms with Crippen molar-refractivity contribution in [3.63, 3.8) is 0 Å². The molecule has 0 bridgehead atoms. The Bertz CT molecular complexity index is 363. The SMILES string of the molecule is CCNC(C)(C)C(=O)NCc1ccc(Br)s1. The van der Waals surface area contributed by atoms with Crippen molar-refractivity contribution in [2.75, 3.05) is 6.54 Å². The van der Waals surface area contributed by atoms with Crippen LogP contribution in [0.2, 0.25) is 0 Å². The highest BCUT2D eigenvalue weighted by Crippen LogP contribution is 2.21. The third-order valence-corrected chi connectivity index (χ3v) is 3.86. The summed E-state index contributed by atoms with van der Waals surface area (Å²) >= 11 is 5.03. The summed E-state index contributed by atoms with van der Waals surface area (Å²) in [6.07, 6.45) is 0. The first-order valence-electron chi connectivity index (χ1n) is 5.23. The average molecular weight is 305 g/mol. The van der Waals surface area contributed by atoms with Crippen LogP contribution in [0.1, 0.15) is 25.6 Å². The molecular formula is C11H17BrN2OS. The lowest BCUT2D eigenvalue weighted by molar-refractivity contribution is -0.126. The molecule has 0 atom stereocenters. The van der Waals surface area contributed by atoms with E-state index in [1.165, 1.54) is 0 Å². The minimum absolute atomic E-state index is 0.0267. The molecule has 1 amide bonds. The Morgan fingerprint density at radius 2 is 2.19 bits per heavy atom. The molecule has 0 spiro atoms. The summed E-state index contributed by atoms with van der Waals surface area (Å²) in [5.41, 5.74) is -0.511. The van der Waals surface area contributed by atoms with Crippen LogP contribution in [-0.2, 0) is 11.3 Å². The lowest BCUT2D eigenvalue weighted by Gasteiger charge is -2.24. The summed E-state index contributed by atoms with van der Waals surface area (Å²) in [5.74, 6) is 0.0267. The third-order valence-electron chi connectivity index (χ3n) is 2.24. The molecule has 1 heterocycles. The second kappa shape index (κ2) is 5.80. The molecular weight excluding hydrogens is 288 g/mol. The Kier molecular flexibility index (Phi) is 4.95. The van der Waals surface area contributed by atoms with Gasteiger partial charge in [-0.1, -0.05) is 6.92 Å². The van der Waals surface area contributed by atoms with E-state index in [1.54, 1.807) is 11.3 Å². The van der Waals surface area contributed by atoms with Gasteiger partial charge in [-0.05, 0) is 48.5 Å². The maximum atomic E-state index is 11.9. The van der Waals surface area contributed by atoms with E-state index in [0.717, 1.165) is 15.2 Å². The normalized spacial score (nSPS) is 11.5. The maximum absolute atomic E-state index is 11.9. The Labute approximate surface area is 109 Å². The molecule has 1 rings (SSSR count). The van der Waals surface area contributed by atoms with Crippen molar-refractivity contribution in [1.29, 1.82) is 0 Å². The van der Waals surface area contributed by atoms with Crippen molar-refractivity contribution >= 4 is 33.2 Å². The van der Waals surface area contributed by atoms with Gasteiger partial charge in [-0.15, -0.1) is 11.3 Å². The number of hydrogen-bond donors (Lipinski definition) is 2. The Morgan fingerprint density at radius 1 is 1.50 bits per heavy atom. The van der Waals surface area contributed by atoms with Gasteiger partial charge in [0, 0.05) is 4.88 Å². The number of rotatable bonds is 5. The van der Waals surface area contributed by atoms with Gasteiger partial charge in [0.15, 0.2) is 0 Å². The molecule has 0 aliphatic rings. The fourth-order valence-corrected chi connectivity index (χ4v) is 2.78. The number of likely N-dealkylation sites (N-methyl/N-ethyl adjacent to an activating group) is 1. The van der Waals surface area contributed by atoms with Gasteiger partial charge in [0.2, 0.25) is 5.91 Å². The summed E-state index contributed by atoms with van der Waals surface area (Å²) in [6, 6.07) is 4.00. The van der Waals surface area contributed by atoms with Crippen molar-refractivity contribution in [3.05, 3.63) is 20.8 Å². The molecule has 2 N–H and O–H groups in total. The number of thiophene rings is 1. The molecule has 90 valence electrons. The summed E-state index contributed by atoms with van der Waals surface area (Å²) in [7, 11) is 0. The minimum atomic E-state index is -0.511. The van der Waals surface area contributed by atoms with E-state index in [4.69, 9.17) is 0 Å². The molecule has 3 nitrogen and oxygen atoms in total. The van der Waals surface area contributed by atoms with E-state index in [-0.39, 0.29) is 5.91 Å². The second-order valence-electron chi connectivity index (χ2n) is 4.04. The Hall–Kier alpha value is -0.390. The van der Waals surface area contributed by atoms with E-state index in [2.05, 4.69) is 26.6 Å². The van der Waals surface area contributed by atoms with Gasteiger partial charge in [-0.3, -0.25) is 4.79 Å². The summed E-state index contributed by atoms with van der Waals surface area (Å²) in [5, 5.41) is 6.07. The van der Waals surface area contributed by atoms with Crippen molar-refractivity contribution in [3.8, 4) is 0 Å². The Morgan fingerprint density at radius 3 is 2.69 bits per heavy atom. The first-order chi connectivity index (χ1) is 7.45. The van der Waals surface area contributed by atoms with Crippen LogP contribution in [0.25, 0.3) is 0 Å². The predicted octanol–water partition coefficient (Wildman–Crippen LogP) is 2.51. The fraction of sp³-hybridized carbons (Fsp3) is 0.545. The first-order valence-corrected chi connectivity index (χ1v) is 6.84. The van der Waals surface area contributed by atoms with E-state index in [9.17, 15) is 4.79 Å². The monoisotopic (exact) mass is 304 g/mol. The predicted molar refractivity (Wildman–Crippen MR) is 71.6 cm³/mol. The maximum Gasteiger partial charge on any atom is 0.240 e. The number of nitrogens with one attached hydrogen (secondary N) is 2. The summed E-state index contributed by atoms with van der Waals surface area (Å²) in [6.45, 7) is 7.13. The highest BCUT2D eigenvalue weighted by atomic mass is 79.9. The number of carbonyl (C=O) groups excluding carboxylic acids is 1. The van der Waals surface area contributed by atoms with Gasteiger partial charge in [-0.25, -0.2) is 0 Å². The van der Waals surface area contributed by atoms with E-state index in [0.29, 0.717) is 6.54 Å². The van der Waals surface area contributed by atoms with Crippen LogP contribution in [0.5, 0.6) is 0 Å². The molecule has 0 radical (unpaired) electrons. The molecule has 16 heavy (non-hydrogen) atoms. The molecule has 0 fully saturated rings. The zero-order valence-corrected chi connectivity index (χ0v) is 12.2. The topological polar surface area (TPSA) is 41.1 Å². The van der Waals surface area contributed by atoms with Crippen LogP contribution < -0.4 is 10.6 Å². The molecule has 0 saturated carbocycles. The van der Waals surface area contributed by atoms with Crippen LogP contribution in [0, 0.1) is 0 Å². The quantitative estimate of drug-likeness (QED) is 0.877. The molecule has 0 saturated heterocycles. The summed E-state index contributed by atoms with van der Waals surface area (Å²) < 4.78 is 1.09. The lowest BCUT2D eigenvalue weighted by Crippen LogP contribution is -2.52. The van der Waals surface area contributed by atoms with Gasteiger partial charge in [-0.2, -0.15) is 0 Å². The Balaban J connectivity index is 2.46. The number of hydrogen-bond acceptors (Lipinski definition) is 3. The van der Waals surface area contributed by atoms with Crippen LogP contribution in [-0.4, -0.2) is 18.0 Å². The number of amides is 1. The van der Waals surface area contributed by atoms with Crippen LogP contribution in [0.15, 0.2) is 15.9 Å². The van der Waals surface area contributed by atoms with Crippen LogP contribution in [0.3, 0.4) is 0 Å². The molecule has 0 unspecified atom stereocenters. The van der Waals surface area contributed by atoms with Crippen molar-refractivity contribution < 1.29 is 4.79 Å². The van der Waals surface area contributed by atoms with Crippen molar-refractivity contribution in [2.24, 2.45) is 0 Å². The van der Waals surface area contributed by atoms with Crippen LogP contribution in [0.4, 0.5) is 0 Å². The number of carbonyl (C=O) groups is 1. The molecule has 1 aromatic rings. The van der Waals surface area contributed by atoms with Crippen molar-refractivity contribution in [1.82, 2.24) is 10.6 Å². The molecule has 0 aliphatic heterocycles. The highest BCUT2D eigenvalue weighted by molar-refractivity contribution is 9.11. The van der Waals surface area contributed by atoms with Gasteiger partial charge >= 0.3 is 0 Å². The summed E-state index contributed by atoms with van der Waals surface area (Å²) in [4.78, 5) is 13.0. The second-order valence-corrected chi connectivity index (χ2v) is 6.59. The van der Waals surface area contributed by atoms with Gasteiger partial charge in [0.1, 0.15) is 0 Å². The zero-order valence-electron chi connectivity index (χ0n) is 9.76. The van der Waals surface area contributed by atoms with Crippen LogP contribution >= 0.6 is 27.3 Å².